The highest BCUT2D eigenvalue weighted by Gasteiger charge is 2.20. The highest BCUT2D eigenvalue weighted by atomic mass is 35.5. The van der Waals surface area contributed by atoms with E-state index in [1.165, 1.54) is 0 Å². The standard InChI is InChI=1S/C17H21Cl2NO2/c18-15-5-3-14(12-16(15)19)4-6-17(22)20-9-7-13(8-10-20)2-1-11-21/h3-6,12-13,21H,1-2,7-11H2. The summed E-state index contributed by atoms with van der Waals surface area (Å²) in [6, 6.07) is 5.30. The molecule has 0 aliphatic carbocycles. The number of nitrogens with zero attached hydrogens (tertiary/aromatic N) is 1. The van der Waals surface area contributed by atoms with Crippen LogP contribution in [0.5, 0.6) is 0 Å². The molecule has 0 bridgehead atoms. The molecule has 0 radical (unpaired) electrons. The lowest BCUT2D eigenvalue weighted by atomic mass is 9.92. The van der Waals surface area contributed by atoms with Gasteiger partial charge in [-0.3, -0.25) is 4.79 Å². The summed E-state index contributed by atoms with van der Waals surface area (Å²) in [7, 11) is 0. The van der Waals surface area contributed by atoms with E-state index in [1.54, 1.807) is 24.3 Å². The van der Waals surface area contributed by atoms with Crippen molar-refractivity contribution in [3.8, 4) is 0 Å². The number of hydrogen-bond acceptors (Lipinski definition) is 2. The first-order valence-corrected chi connectivity index (χ1v) is 8.38. The molecule has 1 saturated heterocycles. The van der Waals surface area contributed by atoms with E-state index in [1.807, 2.05) is 11.0 Å². The minimum absolute atomic E-state index is 0.0340. The zero-order chi connectivity index (χ0) is 15.9. The van der Waals surface area contributed by atoms with Crippen molar-refractivity contribution in [2.24, 2.45) is 5.92 Å². The highest BCUT2D eigenvalue weighted by molar-refractivity contribution is 6.42. The molecule has 0 spiro atoms. The van der Waals surface area contributed by atoms with Gasteiger partial charge in [0.2, 0.25) is 5.91 Å². The van der Waals surface area contributed by atoms with Crippen molar-refractivity contribution >= 4 is 35.2 Å². The number of benzene rings is 1. The second-order valence-corrected chi connectivity index (χ2v) is 6.46. The summed E-state index contributed by atoms with van der Waals surface area (Å²) in [6.45, 7) is 1.84. The normalized spacial score (nSPS) is 16.4. The highest BCUT2D eigenvalue weighted by Crippen LogP contribution is 2.24. The van der Waals surface area contributed by atoms with E-state index in [0.29, 0.717) is 16.0 Å². The molecule has 0 atom stereocenters. The van der Waals surface area contributed by atoms with Gasteiger partial charge in [-0.05, 0) is 55.4 Å². The summed E-state index contributed by atoms with van der Waals surface area (Å²) in [5.41, 5.74) is 0.862. The Morgan fingerprint density at radius 3 is 2.64 bits per heavy atom. The van der Waals surface area contributed by atoms with Gasteiger partial charge in [0.15, 0.2) is 0 Å². The van der Waals surface area contributed by atoms with Crippen molar-refractivity contribution in [2.45, 2.75) is 25.7 Å². The molecule has 3 nitrogen and oxygen atoms in total. The number of aliphatic hydroxyl groups excluding tert-OH is 1. The molecule has 1 amide bonds. The number of halogens is 2. The predicted molar refractivity (Wildman–Crippen MR) is 91.1 cm³/mol. The second kappa shape index (κ2) is 8.56. The van der Waals surface area contributed by atoms with Crippen LogP contribution in [0.25, 0.3) is 6.08 Å². The third kappa shape index (κ3) is 5.01. The summed E-state index contributed by atoms with van der Waals surface area (Å²) in [6.07, 6.45) is 7.31. The third-order valence-electron chi connectivity index (χ3n) is 4.06. The molecular weight excluding hydrogens is 321 g/mol. The van der Waals surface area contributed by atoms with Gasteiger partial charge >= 0.3 is 0 Å². The number of aliphatic hydroxyl groups is 1. The van der Waals surface area contributed by atoms with Crippen LogP contribution in [0.1, 0.15) is 31.2 Å². The molecular formula is C17H21Cl2NO2. The largest absolute Gasteiger partial charge is 0.396 e. The Morgan fingerprint density at radius 1 is 1.27 bits per heavy atom. The van der Waals surface area contributed by atoms with Crippen molar-refractivity contribution in [2.75, 3.05) is 19.7 Å². The maximum absolute atomic E-state index is 12.2. The van der Waals surface area contributed by atoms with Crippen molar-refractivity contribution in [1.82, 2.24) is 4.90 Å². The van der Waals surface area contributed by atoms with Gasteiger partial charge in [0.05, 0.1) is 10.0 Å². The monoisotopic (exact) mass is 341 g/mol. The van der Waals surface area contributed by atoms with E-state index in [-0.39, 0.29) is 12.5 Å². The molecule has 1 N–H and O–H groups in total. The third-order valence-corrected chi connectivity index (χ3v) is 4.80. The summed E-state index contributed by atoms with van der Waals surface area (Å²) in [5, 5.41) is 9.86. The first-order chi connectivity index (χ1) is 10.6. The van der Waals surface area contributed by atoms with E-state index in [0.717, 1.165) is 44.3 Å². The molecule has 22 heavy (non-hydrogen) atoms. The number of hydrogen-bond donors (Lipinski definition) is 1. The molecule has 5 heteroatoms. The molecule has 0 saturated carbocycles. The van der Waals surface area contributed by atoms with Gasteiger partial charge in [0.1, 0.15) is 0 Å². The number of rotatable bonds is 5. The summed E-state index contributed by atoms with van der Waals surface area (Å²) in [5.74, 6) is 0.668. The van der Waals surface area contributed by atoms with Gasteiger partial charge in [0.25, 0.3) is 0 Å². The minimum Gasteiger partial charge on any atom is -0.396 e. The summed E-state index contributed by atoms with van der Waals surface area (Å²) in [4.78, 5) is 14.1. The molecule has 1 fully saturated rings. The Bertz CT molecular complexity index is 537. The zero-order valence-corrected chi connectivity index (χ0v) is 14.0. The number of carbonyl (C=O) groups is 1. The summed E-state index contributed by atoms with van der Waals surface area (Å²) < 4.78 is 0. The fraction of sp³-hybridized carbons (Fsp3) is 0.471. The molecule has 0 unspecified atom stereocenters. The Labute approximate surface area is 141 Å². The van der Waals surface area contributed by atoms with Gasteiger partial charge in [0, 0.05) is 25.8 Å². The average molecular weight is 342 g/mol. The number of carbonyl (C=O) groups excluding carboxylic acids is 1. The zero-order valence-electron chi connectivity index (χ0n) is 12.5. The Morgan fingerprint density at radius 2 is 2.00 bits per heavy atom. The molecule has 1 aliphatic rings. The lowest BCUT2D eigenvalue weighted by molar-refractivity contribution is -0.127. The molecule has 2 rings (SSSR count). The van der Waals surface area contributed by atoms with Crippen LogP contribution < -0.4 is 0 Å². The van der Waals surface area contributed by atoms with Gasteiger partial charge in [-0.2, -0.15) is 0 Å². The van der Waals surface area contributed by atoms with Gasteiger partial charge < -0.3 is 10.0 Å². The molecule has 1 aromatic carbocycles. The fourth-order valence-electron chi connectivity index (χ4n) is 2.71. The van der Waals surface area contributed by atoms with E-state index >= 15 is 0 Å². The maximum Gasteiger partial charge on any atom is 0.246 e. The second-order valence-electron chi connectivity index (χ2n) is 5.64. The van der Waals surface area contributed by atoms with Gasteiger partial charge in [-0.1, -0.05) is 29.3 Å². The van der Waals surface area contributed by atoms with Crippen LogP contribution in [0.15, 0.2) is 24.3 Å². The molecule has 1 aliphatic heterocycles. The van der Waals surface area contributed by atoms with Crippen molar-refractivity contribution < 1.29 is 9.90 Å². The molecule has 1 aromatic rings. The van der Waals surface area contributed by atoms with Crippen LogP contribution in [0.4, 0.5) is 0 Å². The number of likely N-dealkylation sites (tertiary alicyclic amines) is 1. The quantitative estimate of drug-likeness (QED) is 0.821. The van der Waals surface area contributed by atoms with Crippen LogP contribution >= 0.6 is 23.2 Å². The van der Waals surface area contributed by atoms with E-state index in [2.05, 4.69) is 0 Å². The number of amides is 1. The van der Waals surface area contributed by atoms with Crippen molar-refractivity contribution in [3.63, 3.8) is 0 Å². The Kier molecular flexibility index (Phi) is 6.74. The van der Waals surface area contributed by atoms with E-state index in [9.17, 15) is 4.79 Å². The van der Waals surface area contributed by atoms with Crippen LogP contribution in [-0.2, 0) is 4.79 Å². The SMILES string of the molecule is O=C(C=Cc1ccc(Cl)c(Cl)c1)N1CCC(CCCO)CC1. The number of piperidine rings is 1. The van der Waals surface area contributed by atoms with Crippen LogP contribution in [-0.4, -0.2) is 35.6 Å². The molecule has 0 aromatic heterocycles. The van der Waals surface area contributed by atoms with Crippen LogP contribution in [0.2, 0.25) is 10.0 Å². The van der Waals surface area contributed by atoms with Gasteiger partial charge in [-0.15, -0.1) is 0 Å². The average Bonchev–Trinajstić information content (AvgIpc) is 2.54. The van der Waals surface area contributed by atoms with E-state index in [4.69, 9.17) is 28.3 Å². The minimum atomic E-state index is 0.0340. The van der Waals surface area contributed by atoms with Crippen molar-refractivity contribution in [1.29, 1.82) is 0 Å². The topological polar surface area (TPSA) is 40.5 Å². The smallest absolute Gasteiger partial charge is 0.246 e. The first-order valence-electron chi connectivity index (χ1n) is 7.63. The van der Waals surface area contributed by atoms with Crippen molar-refractivity contribution in [3.05, 3.63) is 39.9 Å². The lowest BCUT2D eigenvalue weighted by Crippen LogP contribution is -2.37. The van der Waals surface area contributed by atoms with Crippen LogP contribution in [0, 0.1) is 5.92 Å². The summed E-state index contributed by atoms with van der Waals surface area (Å²) >= 11 is 11.8. The van der Waals surface area contributed by atoms with E-state index < -0.39 is 0 Å². The van der Waals surface area contributed by atoms with Crippen LogP contribution in [0.3, 0.4) is 0 Å². The first kappa shape index (κ1) is 17.3. The van der Waals surface area contributed by atoms with Gasteiger partial charge in [-0.25, -0.2) is 0 Å². The maximum atomic E-state index is 12.2. The molecule has 1 heterocycles. The Hall–Kier alpha value is -1.03. The fourth-order valence-corrected chi connectivity index (χ4v) is 3.02. The molecule has 120 valence electrons. The predicted octanol–water partition coefficient (Wildman–Crippen LogP) is 4.02. The Balaban J connectivity index is 1.85. The lowest BCUT2D eigenvalue weighted by Gasteiger charge is -2.31.